The standard InChI is InChI=1S/C25H49B/c1-2-3-4-5-6-7-8-9-10-11-12-13-14-15-16-23-26-24-19-17-20-25(26)22-18-21-24/h24-25H,2-23H2,1H3. The SMILES string of the molecule is CCCCCCCCCCCCCCCCCB1C2CCCC1CCC2. The minimum Gasteiger partial charge on any atom is -0.0737 e. The molecule has 2 aliphatic rings. The molecule has 0 aromatic rings. The lowest BCUT2D eigenvalue weighted by molar-refractivity contribution is 0.439. The maximum Gasteiger partial charge on any atom is 0.146 e. The Labute approximate surface area is 166 Å². The van der Waals surface area contributed by atoms with E-state index in [0.717, 1.165) is 18.3 Å². The van der Waals surface area contributed by atoms with Crippen molar-refractivity contribution in [3.05, 3.63) is 0 Å². The van der Waals surface area contributed by atoms with Gasteiger partial charge in [0.05, 0.1) is 0 Å². The molecule has 1 heteroatoms. The quantitative estimate of drug-likeness (QED) is 0.190. The van der Waals surface area contributed by atoms with Crippen LogP contribution in [0.5, 0.6) is 0 Å². The fraction of sp³-hybridized carbons (Fsp3) is 1.00. The predicted octanol–water partition coefficient (Wildman–Crippen LogP) is 9.46. The van der Waals surface area contributed by atoms with Crippen molar-refractivity contribution in [2.45, 2.75) is 160 Å². The van der Waals surface area contributed by atoms with E-state index in [1.807, 2.05) is 0 Å². The summed E-state index contributed by atoms with van der Waals surface area (Å²) in [5.41, 5.74) is 0. The van der Waals surface area contributed by atoms with Crippen LogP contribution in [0.2, 0.25) is 18.0 Å². The lowest BCUT2D eigenvalue weighted by atomic mass is 9.26. The molecule has 2 bridgehead atoms. The molecule has 0 aromatic carbocycles. The summed E-state index contributed by atoms with van der Waals surface area (Å²) in [6.45, 7) is 3.45. The van der Waals surface area contributed by atoms with Gasteiger partial charge in [-0.2, -0.15) is 0 Å². The van der Waals surface area contributed by atoms with Crippen LogP contribution >= 0.6 is 0 Å². The van der Waals surface area contributed by atoms with E-state index in [1.54, 1.807) is 44.8 Å². The Bertz CT molecular complexity index is 291. The van der Waals surface area contributed by atoms with E-state index < -0.39 is 0 Å². The molecule has 0 unspecified atom stereocenters. The Kier molecular flexibility index (Phi) is 12.9. The van der Waals surface area contributed by atoms with Gasteiger partial charge in [-0.3, -0.25) is 0 Å². The van der Waals surface area contributed by atoms with Gasteiger partial charge in [-0.25, -0.2) is 0 Å². The second-order valence-electron chi connectivity index (χ2n) is 9.78. The molecule has 2 saturated heterocycles. The van der Waals surface area contributed by atoms with Crippen LogP contribution in [0.1, 0.15) is 142 Å². The number of fused-ring (bicyclic) bond motifs is 2. The largest absolute Gasteiger partial charge is 0.146 e. The van der Waals surface area contributed by atoms with Gasteiger partial charge in [0.25, 0.3) is 0 Å². The maximum absolute atomic E-state index is 2.31. The highest BCUT2D eigenvalue weighted by molar-refractivity contribution is 6.62. The highest BCUT2D eigenvalue weighted by atomic mass is 14.2. The first-order chi connectivity index (χ1) is 12.9. The average Bonchev–Trinajstić information content (AvgIpc) is 2.64. The van der Waals surface area contributed by atoms with Gasteiger partial charge < -0.3 is 0 Å². The van der Waals surface area contributed by atoms with Crippen LogP contribution in [0.4, 0.5) is 0 Å². The molecule has 0 aliphatic carbocycles. The van der Waals surface area contributed by atoms with Crippen molar-refractivity contribution in [3.8, 4) is 0 Å². The first kappa shape index (κ1) is 22.4. The summed E-state index contributed by atoms with van der Waals surface area (Å²) in [4.78, 5) is 0. The zero-order valence-corrected chi connectivity index (χ0v) is 18.3. The zero-order valence-electron chi connectivity index (χ0n) is 18.3. The first-order valence-corrected chi connectivity index (χ1v) is 12.9. The van der Waals surface area contributed by atoms with Crippen LogP contribution < -0.4 is 0 Å². The average molecular weight is 360 g/mol. The van der Waals surface area contributed by atoms with Crippen LogP contribution in [-0.4, -0.2) is 6.71 Å². The maximum atomic E-state index is 2.31. The summed E-state index contributed by atoms with van der Waals surface area (Å²) in [6.07, 6.45) is 33.3. The Morgan fingerprint density at radius 2 is 0.846 bits per heavy atom. The van der Waals surface area contributed by atoms with Crippen LogP contribution in [0.15, 0.2) is 0 Å². The minimum atomic E-state index is 1.13. The second-order valence-corrected chi connectivity index (χ2v) is 9.78. The molecule has 152 valence electrons. The number of hydrogen-bond acceptors (Lipinski definition) is 0. The van der Waals surface area contributed by atoms with E-state index in [9.17, 15) is 0 Å². The third-order valence-electron chi connectivity index (χ3n) is 7.65. The van der Waals surface area contributed by atoms with Gasteiger partial charge in [-0.05, 0) is 0 Å². The highest BCUT2D eigenvalue weighted by Crippen LogP contribution is 2.48. The molecule has 0 N–H and O–H groups in total. The first-order valence-electron chi connectivity index (χ1n) is 12.9. The molecule has 0 radical (unpaired) electrons. The van der Waals surface area contributed by atoms with E-state index in [1.165, 1.54) is 96.3 Å². The Morgan fingerprint density at radius 1 is 0.500 bits per heavy atom. The molecule has 0 amide bonds. The molecule has 2 heterocycles. The zero-order chi connectivity index (χ0) is 18.3. The molecule has 0 saturated carbocycles. The van der Waals surface area contributed by atoms with Gasteiger partial charge in [-0.15, -0.1) is 0 Å². The molecule has 0 aromatic heterocycles. The highest BCUT2D eigenvalue weighted by Gasteiger charge is 2.37. The third-order valence-corrected chi connectivity index (χ3v) is 7.65. The van der Waals surface area contributed by atoms with Crippen LogP contribution in [0, 0.1) is 0 Å². The van der Waals surface area contributed by atoms with E-state index in [0.29, 0.717) is 0 Å². The summed E-state index contributed by atoms with van der Waals surface area (Å²) < 4.78 is 0. The van der Waals surface area contributed by atoms with E-state index >= 15 is 0 Å². The van der Waals surface area contributed by atoms with E-state index in [2.05, 4.69) is 6.92 Å². The molecule has 0 spiro atoms. The second kappa shape index (κ2) is 15.0. The van der Waals surface area contributed by atoms with E-state index in [4.69, 9.17) is 0 Å². The molecule has 2 aliphatic heterocycles. The summed E-state index contributed by atoms with van der Waals surface area (Å²) in [7, 11) is 0. The van der Waals surface area contributed by atoms with Crippen molar-refractivity contribution < 1.29 is 0 Å². The fourth-order valence-electron chi connectivity index (χ4n) is 6.04. The van der Waals surface area contributed by atoms with Gasteiger partial charge >= 0.3 is 0 Å². The van der Waals surface area contributed by atoms with Crippen molar-refractivity contribution in [3.63, 3.8) is 0 Å². The summed E-state index contributed by atoms with van der Waals surface area (Å²) in [5.74, 6) is 2.27. The lowest BCUT2D eigenvalue weighted by Crippen LogP contribution is -2.34. The third kappa shape index (κ3) is 9.32. The number of hydrogen-bond donors (Lipinski definition) is 0. The fourth-order valence-corrected chi connectivity index (χ4v) is 6.04. The molecule has 26 heavy (non-hydrogen) atoms. The lowest BCUT2D eigenvalue weighted by Gasteiger charge is -2.40. The molecule has 0 nitrogen and oxygen atoms in total. The van der Waals surface area contributed by atoms with Crippen LogP contribution in [0.25, 0.3) is 0 Å². The van der Waals surface area contributed by atoms with E-state index in [-0.39, 0.29) is 0 Å². The molecular formula is C25H49B. The summed E-state index contributed by atoms with van der Waals surface area (Å²) in [6, 6.07) is 0. The van der Waals surface area contributed by atoms with Gasteiger partial charge in [0, 0.05) is 0 Å². The van der Waals surface area contributed by atoms with Crippen molar-refractivity contribution >= 4 is 6.71 Å². The monoisotopic (exact) mass is 360 g/mol. The van der Waals surface area contributed by atoms with Gasteiger partial charge in [0.1, 0.15) is 6.71 Å². The smallest absolute Gasteiger partial charge is 0.0737 e. The predicted molar refractivity (Wildman–Crippen MR) is 121 cm³/mol. The molecular weight excluding hydrogens is 311 g/mol. The van der Waals surface area contributed by atoms with Gasteiger partial charge in [-0.1, -0.05) is 160 Å². The van der Waals surface area contributed by atoms with Gasteiger partial charge in [0.2, 0.25) is 0 Å². The normalized spacial score (nSPS) is 22.7. The summed E-state index contributed by atoms with van der Waals surface area (Å²) >= 11 is 0. The molecule has 2 fully saturated rings. The van der Waals surface area contributed by atoms with Crippen LogP contribution in [-0.2, 0) is 0 Å². The Hall–Kier alpha value is 0.0649. The molecule has 2 rings (SSSR count). The Morgan fingerprint density at radius 3 is 1.23 bits per heavy atom. The van der Waals surface area contributed by atoms with Crippen molar-refractivity contribution in [1.29, 1.82) is 0 Å². The van der Waals surface area contributed by atoms with Crippen LogP contribution in [0.3, 0.4) is 0 Å². The van der Waals surface area contributed by atoms with Gasteiger partial charge in [0.15, 0.2) is 0 Å². The topological polar surface area (TPSA) is 0 Å². The number of unbranched alkanes of at least 4 members (excludes halogenated alkanes) is 14. The number of rotatable bonds is 16. The van der Waals surface area contributed by atoms with Crippen molar-refractivity contribution in [2.75, 3.05) is 0 Å². The van der Waals surface area contributed by atoms with Crippen molar-refractivity contribution in [2.24, 2.45) is 0 Å². The Balaban J connectivity index is 1.30. The minimum absolute atomic E-state index is 1.13. The molecule has 0 atom stereocenters. The van der Waals surface area contributed by atoms with Crippen molar-refractivity contribution in [1.82, 2.24) is 0 Å². The summed E-state index contributed by atoms with van der Waals surface area (Å²) in [5, 5.41) is 0.